The second kappa shape index (κ2) is 11.9. The highest BCUT2D eigenvalue weighted by atomic mass is 35.5. The van der Waals surface area contributed by atoms with Crippen molar-refractivity contribution < 1.29 is 32.6 Å². The van der Waals surface area contributed by atoms with Crippen molar-refractivity contribution in [1.29, 1.82) is 0 Å². The molecule has 5 aromatic heterocycles. The predicted octanol–water partition coefficient (Wildman–Crippen LogP) is 3.67. The number of hydrogen-bond donors (Lipinski definition) is 2. The molecule has 2 N–H and O–H groups in total. The van der Waals surface area contributed by atoms with Gasteiger partial charge in [0.2, 0.25) is 11.7 Å². The molecule has 2 aliphatic rings. The van der Waals surface area contributed by atoms with Crippen LogP contribution in [0.1, 0.15) is 40.2 Å². The zero-order valence-corrected chi connectivity index (χ0v) is 26.9. The SMILES string of the molecule is O=C(Cn1c2c(c(=O)n3nc(-c4ccn5nncc5c4)nc13)C1(CCN(C(=O)c3ncccc3O)CC1)OC2)Nc1ccc(C(F)(F)F)cc1Cl. The molecule has 1 aromatic carbocycles. The number of aromatic nitrogens is 8. The van der Waals surface area contributed by atoms with E-state index in [9.17, 15) is 32.7 Å². The molecule has 1 fully saturated rings. The lowest BCUT2D eigenvalue weighted by molar-refractivity contribution is -0.137. The predicted molar refractivity (Wildman–Crippen MR) is 172 cm³/mol. The van der Waals surface area contributed by atoms with Crippen molar-refractivity contribution in [3.63, 3.8) is 0 Å². The molecule has 15 nitrogen and oxygen atoms in total. The number of hydrogen-bond acceptors (Lipinski definition) is 10. The minimum absolute atomic E-state index is 0.0211. The highest BCUT2D eigenvalue weighted by molar-refractivity contribution is 6.33. The van der Waals surface area contributed by atoms with Crippen LogP contribution in [0.5, 0.6) is 5.75 Å². The van der Waals surface area contributed by atoms with Gasteiger partial charge in [0.05, 0.1) is 45.9 Å². The fraction of sp³-hybridized carbons (Fsp3) is 0.250. The van der Waals surface area contributed by atoms with Crippen LogP contribution in [0, 0.1) is 0 Å². The van der Waals surface area contributed by atoms with E-state index in [1.54, 1.807) is 18.3 Å². The third-order valence-electron chi connectivity index (χ3n) is 9.07. The molecule has 1 saturated heterocycles. The number of likely N-dealkylation sites (tertiary alicyclic amines) is 1. The number of rotatable bonds is 5. The average Bonchev–Trinajstić information content (AvgIpc) is 3.85. The number of amides is 2. The lowest BCUT2D eigenvalue weighted by Crippen LogP contribution is -2.47. The molecule has 0 unspecified atom stereocenters. The molecule has 6 aromatic rings. The largest absolute Gasteiger partial charge is 0.505 e. The third-order valence-corrected chi connectivity index (χ3v) is 9.38. The maximum Gasteiger partial charge on any atom is 0.416 e. The van der Waals surface area contributed by atoms with Crippen LogP contribution in [0.25, 0.3) is 22.7 Å². The van der Waals surface area contributed by atoms with Gasteiger partial charge in [0, 0.05) is 31.0 Å². The van der Waals surface area contributed by atoms with E-state index >= 15 is 0 Å². The van der Waals surface area contributed by atoms with Crippen LogP contribution in [0.2, 0.25) is 5.02 Å². The fourth-order valence-electron chi connectivity index (χ4n) is 6.55. The molecule has 0 bridgehead atoms. The number of nitrogens with zero attached hydrogens (tertiary/aromatic N) is 9. The molecule has 1 spiro atoms. The standard InChI is InChI=1S/C32H24ClF3N10O5/c33-20-13-18(32(34,35)36)3-4-21(20)39-24(48)15-44-22-16-51-31(6-10-43(11-7-31)29(50)26-23(47)2-1-8-37-26)25(22)28(49)46-30(44)40-27(41-46)17-5-9-45-19(12-17)14-38-42-45/h1-5,8-9,12-14,47H,6-7,10-11,15-16H2,(H,39,48). The van der Waals surface area contributed by atoms with Gasteiger partial charge in [0.1, 0.15) is 17.9 Å². The zero-order chi connectivity index (χ0) is 35.7. The molecule has 0 atom stereocenters. The molecule has 2 amide bonds. The number of alkyl halides is 3. The van der Waals surface area contributed by atoms with E-state index in [4.69, 9.17) is 16.3 Å². The molecular formula is C32H24ClF3N10O5. The number of ether oxygens (including phenoxy) is 1. The summed E-state index contributed by atoms with van der Waals surface area (Å²) in [6.07, 6.45) is 0.385. The number of pyridine rings is 2. The first-order chi connectivity index (χ1) is 24.4. The minimum atomic E-state index is -4.63. The molecule has 8 rings (SSSR count). The summed E-state index contributed by atoms with van der Waals surface area (Å²) < 4.78 is 50.1. The van der Waals surface area contributed by atoms with Gasteiger partial charge in [-0.3, -0.25) is 14.4 Å². The monoisotopic (exact) mass is 720 g/mol. The maximum absolute atomic E-state index is 14.3. The molecule has 0 saturated carbocycles. The summed E-state index contributed by atoms with van der Waals surface area (Å²) in [5.41, 5.74) is -0.992. The Balaban J connectivity index is 1.17. The van der Waals surface area contributed by atoms with E-state index in [2.05, 4.69) is 30.7 Å². The van der Waals surface area contributed by atoms with Gasteiger partial charge in [0.15, 0.2) is 11.5 Å². The van der Waals surface area contributed by atoms with Crippen molar-refractivity contribution in [1.82, 2.24) is 43.9 Å². The Morgan fingerprint density at radius 3 is 2.67 bits per heavy atom. The van der Waals surface area contributed by atoms with Gasteiger partial charge < -0.3 is 24.6 Å². The lowest BCUT2D eigenvalue weighted by atomic mass is 9.85. The van der Waals surface area contributed by atoms with Crippen LogP contribution in [0.3, 0.4) is 0 Å². The van der Waals surface area contributed by atoms with Gasteiger partial charge in [-0.2, -0.15) is 22.7 Å². The zero-order valence-electron chi connectivity index (χ0n) is 26.1. The van der Waals surface area contributed by atoms with Crippen LogP contribution >= 0.6 is 11.6 Å². The number of benzene rings is 1. The molecule has 2 aliphatic heterocycles. The number of fused-ring (bicyclic) bond motifs is 4. The fourth-order valence-corrected chi connectivity index (χ4v) is 6.77. The van der Waals surface area contributed by atoms with Gasteiger partial charge in [-0.05, 0) is 55.3 Å². The first-order valence-electron chi connectivity index (χ1n) is 15.5. The van der Waals surface area contributed by atoms with Crippen LogP contribution in [0.15, 0.2) is 65.8 Å². The average molecular weight is 721 g/mol. The highest BCUT2D eigenvalue weighted by Crippen LogP contribution is 2.43. The van der Waals surface area contributed by atoms with E-state index in [0.29, 0.717) is 22.8 Å². The van der Waals surface area contributed by atoms with E-state index in [1.807, 2.05) is 0 Å². The molecule has 260 valence electrons. The smallest absolute Gasteiger partial charge is 0.416 e. The normalized spacial score (nSPS) is 15.5. The topological polar surface area (TPSA) is 174 Å². The Morgan fingerprint density at radius 2 is 1.92 bits per heavy atom. The first kappa shape index (κ1) is 32.3. The Bertz CT molecular complexity index is 2450. The number of nitrogens with one attached hydrogen (secondary N) is 1. The van der Waals surface area contributed by atoms with Gasteiger partial charge >= 0.3 is 6.18 Å². The summed E-state index contributed by atoms with van der Waals surface area (Å²) in [7, 11) is 0. The van der Waals surface area contributed by atoms with Crippen LogP contribution in [-0.2, 0) is 34.5 Å². The number of piperidine rings is 1. The van der Waals surface area contributed by atoms with Crippen molar-refractivity contribution in [2.45, 2.75) is 37.8 Å². The van der Waals surface area contributed by atoms with Crippen molar-refractivity contribution >= 4 is 40.4 Å². The summed E-state index contributed by atoms with van der Waals surface area (Å²) in [4.78, 5) is 51.1. The Hall–Kier alpha value is -5.88. The van der Waals surface area contributed by atoms with E-state index in [1.165, 1.54) is 38.5 Å². The van der Waals surface area contributed by atoms with E-state index in [-0.39, 0.29) is 71.9 Å². The number of aromatic hydroxyl groups is 1. The number of anilines is 1. The second-order valence-electron chi connectivity index (χ2n) is 12.1. The quantitative estimate of drug-likeness (QED) is 0.268. The number of carbonyl (C=O) groups is 2. The van der Waals surface area contributed by atoms with Crippen molar-refractivity contribution in [3.05, 3.63) is 98.9 Å². The van der Waals surface area contributed by atoms with Crippen LogP contribution < -0.4 is 10.9 Å². The molecule has 7 heterocycles. The second-order valence-corrected chi connectivity index (χ2v) is 12.5. The molecule has 51 heavy (non-hydrogen) atoms. The van der Waals surface area contributed by atoms with Crippen molar-refractivity contribution in [2.75, 3.05) is 18.4 Å². The highest BCUT2D eigenvalue weighted by Gasteiger charge is 2.48. The number of carbonyl (C=O) groups excluding carboxylic acids is 2. The van der Waals surface area contributed by atoms with Gasteiger partial charge in [-0.1, -0.05) is 16.8 Å². The maximum atomic E-state index is 14.3. The molecule has 19 heteroatoms. The summed E-state index contributed by atoms with van der Waals surface area (Å²) >= 11 is 6.11. The summed E-state index contributed by atoms with van der Waals surface area (Å²) in [5.74, 6) is -1.20. The lowest BCUT2D eigenvalue weighted by Gasteiger charge is -2.38. The van der Waals surface area contributed by atoms with Gasteiger partial charge in [0.25, 0.3) is 11.5 Å². The molecule has 0 radical (unpaired) electrons. The van der Waals surface area contributed by atoms with Crippen molar-refractivity contribution in [3.8, 4) is 17.1 Å². The third kappa shape index (κ3) is 5.52. The molecular weight excluding hydrogens is 697 g/mol. The first-order valence-corrected chi connectivity index (χ1v) is 15.9. The Kier molecular flexibility index (Phi) is 7.53. The van der Waals surface area contributed by atoms with Gasteiger partial charge in [-0.25, -0.2) is 9.50 Å². The van der Waals surface area contributed by atoms with Gasteiger partial charge in [-0.15, -0.1) is 10.2 Å². The number of halogens is 4. The Morgan fingerprint density at radius 1 is 1.12 bits per heavy atom. The summed E-state index contributed by atoms with van der Waals surface area (Å²) in [5, 5.41) is 24.8. The van der Waals surface area contributed by atoms with Crippen LogP contribution in [0.4, 0.5) is 18.9 Å². The summed E-state index contributed by atoms with van der Waals surface area (Å²) in [6, 6.07) is 8.87. The molecule has 0 aliphatic carbocycles. The van der Waals surface area contributed by atoms with Crippen molar-refractivity contribution in [2.24, 2.45) is 0 Å². The van der Waals surface area contributed by atoms with E-state index in [0.717, 1.165) is 16.6 Å². The summed E-state index contributed by atoms with van der Waals surface area (Å²) in [6.45, 7) is -0.183. The minimum Gasteiger partial charge on any atom is -0.505 e. The Labute approximate surface area is 288 Å². The van der Waals surface area contributed by atoms with E-state index < -0.39 is 41.3 Å². The van der Waals surface area contributed by atoms with Crippen LogP contribution in [-0.4, -0.2) is 73.9 Å².